The number of carbonyl (C=O) groups is 2. The first kappa shape index (κ1) is 25.1. The number of benzene rings is 1. The minimum absolute atomic E-state index is 0.148. The number of amidine groups is 1. The highest BCUT2D eigenvalue weighted by Crippen LogP contribution is 2.42. The van der Waals surface area contributed by atoms with Crippen LogP contribution in [-0.2, 0) is 14.3 Å². The molecule has 0 unspecified atom stereocenters. The minimum atomic E-state index is -0.826. The number of hydrogen-bond acceptors (Lipinski definition) is 8. The summed E-state index contributed by atoms with van der Waals surface area (Å²) in [5, 5.41) is 5.51. The van der Waals surface area contributed by atoms with Crippen molar-refractivity contribution in [1.29, 1.82) is 0 Å². The fourth-order valence-electron chi connectivity index (χ4n) is 4.08. The maximum Gasteiger partial charge on any atom is 0.407 e. The third kappa shape index (κ3) is 5.48. The van der Waals surface area contributed by atoms with E-state index in [1.807, 2.05) is 10.3 Å². The zero-order valence-electron chi connectivity index (χ0n) is 19.8. The lowest BCUT2D eigenvalue weighted by Gasteiger charge is -2.31. The molecule has 0 saturated carbocycles. The van der Waals surface area contributed by atoms with Crippen LogP contribution in [0.2, 0.25) is 5.02 Å². The maximum atomic E-state index is 13.8. The molecule has 1 N–H and O–H groups in total. The number of hydrogen-bond donors (Lipinski definition) is 1. The van der Waals surface area contributed by atoms with Crippen molar-refractivity contribution in [3.05, 3.63) is 62.5 Å². The molecule has 35 heavy (non-hydrogen) atoms. The zero-order valence-corrected chi connectivity index (χ0v) is 21.4. The molecule has 2 atom stereocenters. The molecule has 0 bridgehead atoms. The van der Waals surface area contributed by atoms with E-state index in [0.29, 0.717) is 40.6 Å². The molecule has 0 spiro atoms. The number of carbonyl (C=O) groups excluding carboxylic acids is 2. The number of halogens is 2. The Morgan fingerprint density at radius 1 is 1.34 bits per heavy atom. The van der Waals surface area contributed by atoms with Gasteiger partial charge in [0, 0.05) is 40.8 Å². The van der Waals surface area contributed by atoms with Crippen LogP contribution in [0.25, 0.3) is 0 Å². The normalized spacial score (nSPS) is 19.8. The number of nitrogens with one attached hydrogen (secondary N) is 1. The molecule has 1 fully saturated rings. The summed E-state index contributed by atoms with van der Waals surface area (Å²) in [6, 6.07) is 2.81. The van der Waals surface area contributed by atoms with Gasteiger partial charge < -0.3 is 19.7 Å². The van der Waals surface area contributed by atoms with Gasteiger partial charge in [-0.05, 0) is 39.8 Å². The quantitative estimate of drug-likeness (QED) is 0.566. The standard InChI is InChI=1S/C24H26ClFN4O4S/c1-5-33-22(31)18-17-11-14(28-23(32)34-24(2,3)4)12-30(17)20(21-27-8-9-35-21)29-19(18)15-7-6-13(26)10-16(15)25/h6-10,14,19H,5,11-12H2,1-4H3,(H,28,32)/t14-,19-/m0/s1. The molecule has 3 heterocycles. The number of alkyl carbamates (subject to hydrolysis) is 1. The Labute approximate surface area is 211 Å². The van der Waals surface area contributed by atoms with Gasteiger partial charge >= 0.3 is 12.1 Å². The molecule has 2 aliphatic rings. The molecule has 2 aromatic rings. The Balaban J connectivity index is 1.79. The van der Waals surface area contributed by atoms with E-state index in [-0.39, 0.29) is 17.7 Å². The second-order valence-electron chi connectivity index (χ2n) is 9.10. The summed E-state index contributed by atoms with van der Waals surface area (Å²) in [5.41, 5.74) is 0.772. The lowest BCUT2D eigenvalue weighted by molar-refractivity contribution is -0.139. The van der Waals surface area contributed by atoms with Crippen molar-refractivity contribution < 1.29 is 23.5 Å². The summed E-state index contributed by atoms with van der Waals surface area (Å²) < 4.78 is 24.6. The number of amides is 1. The van der Waals surface area contributed by atoms with E-state index < -0.39 is 29.5 Å². The second-order valence-corrected chi connectivity index (χ2v) is 10.4. The van der Waals surface area contributed by atoms with Gasteiger partial charge in [0.2, 0.25) is 0 Å². The van der Waals surface area contributed by atoms with E-state index in [0.717, 1.165) is 0 Å². The highest BCUT2D eigenvalue weighted by atomic mass is 35.5. The van der Waals surface area contributed by atoms with Gasteiger partial charge in [-0.15, -0.1) is 11.3 Å². The van der Waals surface area contributed by atoms with Gasteiger partial charge in [-0.3, -0.25) is 4.99 Å². The number of esters is 1. The fraction of sp³-hybridized carbons (Fsp3) is 0.417. The van der Waals surface area contributed by atoms with E-state index in [1.165, 1.54) is 29.5 Å². The molecule has 1 aromatic carbocycles. The third-order valence-corrected chi connectivity index (χ3v) is 6.45. The molecule has 1 amide bonds. The van der Waals surface area contributed by atoms with Gasteiger partial charge in [0.15, 0.2) is 10.8 Å². The van der Waals surface area contributed by atoms with E-state index in [2.05, 4.69) is 10.3 Å². The van der Waals surface area contributed by atoms with Crippen molar-refractivity contribution in [1.82, 2.24) is 15.2 Å². The van der Waals surface area contributed by atoms with Crippen molar-refractivity contribution in [3.8, 4) is 0 Å². The van der Waals surface area contributed by atoms with Crippen LogP contribution in [0.3, 0.4) is 0 Å². The Morgan fingerprint density at radius 2 is 2.11 bits per heavy atom. The first-order chi connectivity index (χ1) is 16.6. The Bertz CT molecular complexity index is 1190. The summed E-state index contributed by atoms with van der Waals surface area (Å²) in [4.78, 5) is 36.8. The van der Waals surface area contributed by atoms with Gasteiger partial charge in [0.1, 0.15) is 17.5 Å². The average Bonchev–Trinajstić information content (AvgIpc) is 3.41. The Kier molecular flexibility index (Phi) is 7.14. The number of fused-ring (bicyclic) bond motifs is 1. The largest absolute Gasteiger partial charge is 0.463 e. The SMILES string of the molecule is CCOC(=O)C1=C2C[C@H](NC(=O)OC(C)(C)C)CN2C(c2nccs2)=N[C@H]1c1ccc(F)cc1Cl. The van der Waals surface area contributed by atoms with Crippen LogP contribution in [0.4, 0.5) is 9.18 Å². The van der Waals surface area contributed by atoms with Crippen molar-refractivity contribution >= 4 is 40.8 Å². The van der Waals surface area contributed by atoms with Crippen LogP contribution in [0, 0.1) is 5.82 Å². The van der Waals surface area contributed by atoms with Crippen molar-refractivity contribution in [2.75, 3.05) is 13.2 Å². The molecule has 0 aliphatic carbocycles. The first-order valence-corrected chi connectivity index (χ1v) is 12.4. The molecule has 1 saturated heterocycles. The summed E-state index contributed by atoms with van der Waals surface area (Å²) >= 11 is 7.80. The molecule has 11 heteroatoms. The molecule has 1 aromatic heterocycles. The summed E-state index contributed by atoms with van der Waals surface area (Å²) in [5.74, 6) is -0.493. The third-order valence-electron chi connectivity index (χ3n) is 5.36. The second kappa shape index (κ2) is 9.94. The Hall–Kier alpha value is -2.98. The first-order valence-electron chi connectivity index (χ1n) is 11.2. The van der Waals surface area contributed by atoms with E-state index in [1.54, 1.807) is 33.9 Å². The smallest absolute Gasteiger partial charge is 0.407 e. The van der Waals surface area contributed by atoms with Crippen molar-refractivity contribution in [2.24, 2.45) is 4.99 Å². The lowest BCUT2D eigenvalue weighted by Crippen LogP contribution is -2.41. The van der Waals surface area contributed by atoms with Gasteiger partial charge in [0.25, 0.3) is 0 Å². The highest BCUT2D eigenvalue weighted by molar-refractivity contribution is 7.11. The molecule has 186 valence electrons. The zero-order chi connectivity index (χ0) is 25.3. The maximum absolute atomic E-state index is 13.8. The van der Waals surface area contributed by atoms with Gasteiger partial charge in [-0.25, -0.2) is 19.0 Å². The number of nitrogens with zero attached hydrogens (tertiary/aromatic N) is 3. The topological polar surface area (TPSA) is 93.1 Å². The molecule has 8 nitrogen and oxygen atoms in total. The number of ether oxygens (including phenoxy) is 2. The van der Waals surface area contributed by atoms with Crippen molar-refractivity contribution in [3.63, 3.8) is 0 Å². The van der Waals surface area contributed by atoms with Crippen LogP contribution in [0.5, 0.6) is 0 Å². The highest BCUT2D eigenvalue weighted by Gasteiger charge is 2.43. The Morgan fingerprint density at radius 3 is 2.74 bits per heavy atom. The lowest BCUT2D eigenvalue weighted by atomic mass is 9.94. The minimum Gasteiger partial charge on any atom is -0.463 e. The van der Waals surface area contributed by atoms with E-state index in [4.69, 9.17) is 26.1 Å². The monoisotopic (exact) mass is 520 g/mol. The number of aromatic nitrogens is 1. The van der Waals surface area contributed by atoms with Crippen LogP contribution < -0.4 is 5.32 Å². The van der Waals surface area contributed by atoms with Gasteiger partial charge in [-0.1, -0.05) is 17.7 Å². The summed E-state index contributed by atoms with van der Waals surface area (Å²) in [6.07, 6.45) is 1.46. The summed E-state index contributed by atoms with van der Waals surface area (Å²) in [7, 11) is 0. The van der Waals surface area contributed by atoms with Crippen LogP contribution >= 0.6 is 22.9 Å². The van der Waals surface area contributed by atoms with E-state index >= 15 is 0 Å². The molecule has 4 rings (SSSR count). The van der Waals surface area contributed by atoms with Gasteiger partial charge in [0.05, 0.1) is 18.2 Å². The molecular weight excluding hydrogens is 495 g/mol. The van der Waals surface area contributed by atoms with Crippen molar-refractivity contribution in [2.45, 2.75) is 51.8 Å². The molecular formula is C24H26ClFN4O4S. The molecule has 2 aliphatic heterocycles. The number of rotatable bonds is 5. The fourth-order valence-corrected chi connectivity index (χ4v) is 5.00. The summed E-state index contributed by atoms with van der Waals surface area (Å²) in [6.45, 7) is 7.61. The van der Waals surface area contributed by atoms with E-state index in [9.17, 15) is 14.0 Å². The van der Waals surface area contributed by atoms with Crippen LogP contribution in [0.15, 0.2) is 46.0 Å². The average molecular weight is 521 g/mol. The van der Waals surface area contributed by atoms with Crippen LogP contribution in [-0.4, -0.2) is 52.6 Å². The van der Waals surface area contributed by atoms with Crippen LogP contribution in [0.1, 0.15) is 50.7 Å². The van der Waals surface area contributed by atoms with Gasteiger partial charge in [-0.2, -0.15) is 0 Å². The predicted octanol–water partition coefficient (Wildman–Crippen LogP) is 4.85. The number of thiazole rings is 1. The number of aliphatic imine (C=N–C) groups is 1. The molecule has 0 radical (unpaired) electrons. The predicted molar refractivity (Wildman–Crippen MR) is 131 cm³/mol.